The van der Waals surface area contributed by atoms with Crippen molar-refractivity contribution in [3.8, 4) is 0 Å². The summed E-state index contributed by atoms with van der Waals surface area (Å²) in [7, 11) is 4.10. The van der Waals surface area contributed by atoms with Gasteiger partial charge in [-0.25, -0.2) is 0 Å². The fourth-order valence-corrected chi connectivity index (χ4v) is 6.34. The van der Waals surface area contributed by atoms with Gasteiger partial charge in [-0.1, -0.05) is 152 Å². The summed E-state index contributed by atoms with van der Waals surface area (Å²) < 4.78 is 6.08. The van der Waals surface area contributed by atoms with E-state index in [4.69, 9.17) is 4.74 Å². The summed E-state index contributed by atoms with van der Waals surface area (Å²) in [6, 6.07) is 0. The molecule has 50 heavy (non-hydrogen) atoms. The molecule has 0 aromatic carbocycles. The first-order chi connectivity index (χ1) is 24.1. The minimum absolute atomic E-state index is 0.0599. The van der Waals surface area contributed by atoms with Crippen molar-refractivity contribution in [1.82, 2.24) is 4.90 Å². The highest BCUT2D eigenvalue weighted by molar-refractivity contribution is 5.77. The Labute approximate surface area is 314 Å². The van der Waals surface area contributed by atoms with Crippen molar-refractivity contribution >= 4 is 5.97 Å². The molecule has 0 aliphatic rings. The molecule has 3 nitrogen and oxygen atoms in total. The molecule has 0 N–H and O–H groups in total. The van der Waals surface area contributed by atoms with Crippen LogP contribution in [0.15, 0.2) is 48.6 Å². The zero-order valence-electron chi connectivity index (χ0n) is 35.1. The second-order valence-corrected chi connectivity index (χ2v) is 16.3. The van der Waals surface area contributed by atoms with Gasteiger partial charge in [0, 0.05) is 5.54 Å². The van der Waals surface area contributed by atoms with Crippen LogP contribution in [0.2, 0.25) is 0 Å². The first kappa shape index (κ1) is 48.4. The molecular weight excluding hydrogens is 611 g/mol. The van der Waals surface area contributed by atoms with Crippen LogP contribution in [0.5, 0.6) is 0 Å². The third-order valence-electron chi connectivity index (χ3n) is 11.2. The molecule has 0 fully saturated rings. The Hall–Kier alpha value is -1.61. The van der Waals surface area contributed by atoms with Gasteiger partial charge in [0.25, 0.3) is 0 Å². The molecule has 3 heteroatoms. The molecule has 0 heterocycles. The van der Waals surface area contributed by atoms with Crippen LogP contribution in [0.4, 0.5) is 0 Å². The standard InChI is InChI=1S/C47H87NO2/c1-9-11-13-15-17-19-21-23-25-27-29-31-33-35-37-39-41-44(43-50-45(49)46(3,4)47(5,6)48(7)8)42-40-38-36-34-32-30-28-26-24-22-20-18-16-14-12-10-2/h17-20,23-26,44H,9-16,21-22,27-43H2,1-8H3/b19-17-,20-18-,25-23-,26-24-. The van der Waals surface area contributed by atoms with Crippen molar-refractivity contribution in [2.45, 2.75) is 214 Å². The van der Waals surface area contributed by atoms with Gasteiger partial charge in [0.15, 0.2) is 0 Å². The molecule has 0 aromatic heterocycles. The van der Waals surface area contributed by atoms with E-state index in [-0.39, 0.29) is 11.5 Å². The highest BCUT2D eigenvalue weighted by atomic mass is 16.5. The van der Waals surface area contributed by atoms with Crippen LogP contribution in [0.1, 0.15) is 208 Å². The van der Waals surface area contributed by atoms with Crippen molar-refractivity contribution in [3.63, 3.8) is 0 Å². The van der Waals surface area contributed by atoms with Gasteiger partial charge >= 0.3 is 5.97 Å². The molecular formula is C47H87NO2. The Bertz CT molecular complexity index is 830. The second-order valence-electron chi connectivity index (χ2n) is 16.3. The normalized spacial score (nSPS) is 13.1. The molecule has 0 unspecified atom stereocenters. The molecule has 0 saturated carbocycles. The number of nitrogens with zero attached hydrogens (tertiary/aromatic N) is 1. The number of ether oxygens (including phenoxy) is 1. The van der Waals surface area contributed by atoms with Gasteiger partial charge in [0.05, 0.1) is 12.0 Å². The number of hydrogen-bond donors (Lipinski definition) is 0. The van der Waals surface area contributed by atoms with E-state index in [2.05, 4.69) is 95.3 Å². The van der Waals surface area contributed by atoms with Crippen molar-refractivity contribution in [2.75, 3.05) is 20.7 Å². The van der Waals surface area contributed by atoms with E-state index in [1.54, 1.807) is 0 Å². The van der Waals surface area contributed by atoms with Gasteiger partial charge in [0.1, 0.15) is 0 Å². The predicted octanol–water partition coefficient (Wildman–Crippen LogP) is 14.9. The first-order valence-corrected chi connectivity index (χ1v) is 21.6. The molecule has 0 saturated heterocycles. The minimum Gasteiger partial charge on any atom is -0.465 e. The lowest BCUT2D eigenvalue weighted by Crippen LogP contribution is -2.54. The lowest BCUT2D eigenvalue weighted by Gasteiger charge is -2.44. The van der Waals surface area contributed by atoms with Crippen LogP contribution in [0, 0.1) is 11.3 Å². The average Bonchev–Trinajstić information content (AvgIpc) is 3.09. The number of carbonyl (C=O) groups is 1. The number of allylic oxidation sites excluding steroid dienone is 8. The maximum atomic E-state index is 13.3. The average molecular weight is 698 g/mol. The highest BCUT2D eigenvalue weighted by Gasteiger charge is 2.46. The lowest BCUT2D eigenvalue weighted by molar-refractivity contribution is -0.163. The highest BCUT2D eigenvalue weighted by Crippen LogP contribution is 2.36. The fraction of sp³-hybridized carbons (Fsp3) is 0.809. The van der Waals surface area contributed by atoms with E-state index < -0.39 is 5.41 Å². The summed E-state index contributed by atoms with van der Waals surface area (Å²) >= 11 is 0. The molecule has 0 aliphatic heterocycles. The lowest BCUT2D eigenvalue weighted by atomic mass is 9.73. The van der Waals surface area contributed by atoms with Crippen molar-refractivity contribution in [2.24, 2.45) is 11.3 Å². The number of carbonyl (C=O) groups excluding carboxylic acids is 1. The molecule has 0 bridgehead atoms. The van der Waals surface area contributed by atoms with E-state index in [1.807, 2.05) is 13.8 Å². The Balaban J connectivity index is 4.39. The minimum atomic E-state index is -0.568. The summed E-state index contributed by atoms with van der Waals surface area (Å²) in [4.78, 5) is 15.4. The van der Waals surface area contributed by atoms with E-state index >= 15 is 0 Å². The van der Waals surface area contributed by atoms with Crippen LogP contribution in [-0.4, -0.2) is 37.1 Å². The summed E-state index contributed by atoms with van der Waals surface area (Å²) in [6.07, 6.45) is 51.9. The summed E-state index contributed by atoms with van der Waals surface area (Å²) in [5, 5.41) is 0. The number of unbranched alkanes of at least 4 members (excludes halogenated alkanes) is 18. The Morgan fingerprint density at radius 2 is 0.860 bits per heavy atom. The molecule has 292 valence electrons. The van der Waals surface area contributed by atoms with Crippen LogP contribution in [0.25, 0.3) is 0 Å². The van der Waals surface area contributed by atoms with Crippen LogP contribution >= 0.6 is 0 Å². The quantitative estimate of drug-likeness (QED) is 0.0375. The second kappa shape index (κ2) is 33.2. The van der Waals surface area contributed by atoms with E-state index in [1.165, 1.54) is 154 Å². The zero-order valence-corrected chi connectivity index (χ0v) is 35.1. The molecule has 0 spiro atoms. The first-order valence-electron chi connectivity index (χ1n) is 21.6. The van der Waals surface area contributed by atoms with Gasteiger partial charge in [-0.2, -0.15) is 0 Å². The van der Waals surface area contributed by atoms with Crippen LogP contribution in [-0.2, 0) is 9.53 Å². The largest absolute Gasteiger partial charge is 0.465 e. The summed E-state index contributed by atoms with van der Waals surface area (Å²) in [5.41, 5.74) is -0.845. The third-order valence-corrected chi connectivity index (χ3v) is 11.2. The smallest absolute Gasteiger partial charge is 0.313 e. The van der Waals surface area contributed by atoms with Crippen LogP contribution in [0.3, 0.4) is 0 Å². The van der Waals surface area contributed by atoms with Crippen LogP contribution < -0.4 is 0 Å². The van der Waals surface area contributed by atoms with Crippen molar-refractivity contribution < 1.29 is 9.53 Å². The molecule has 0 atom stereocenters. The van der Waals surface area contributed by atoms with E-state index in [0.29, 0.717) is 12.5 Å². The SMILES string of the molecule is CCCCC/C=C\C/C=C\CCCCCCCCC(CCCCCCCC/C=C\C/C=C\CCCCC)COC(=O)C(C)(C)C(C)(C)N(C)C. The summed E-state index contributed by atoms with van der Waals surface area (Å²) in [5.74, 6) is 0.421. The Kier molecular flexibility index (Phi) is 32.2. The van der Waals surface area contributed by atoms with Gasteiger partial charge in [-0.05, 0) is 125 Å². The van der Waals surface area contributed by atoms with E-state index in [0.717, 1.165) is 12.8 Å². The van der Waals surface area contributed by atoms with Gasteiger partial charge in [0.2, 0.25) is 0 Å². The Morgan fingerprint density at radius 1 is 0.520 bits per heavy atom. The Morgan fingerprint density at radius 3 is 1.22 bits per heavy atom. The molecule has 0 rings (SSSR count). The third kappa shape index (κ3) is 26.2. The zero-order chi connectivity index (χ0) is 37.2. The fourth-order valence-electron chi connectivity index (χ4n) is 6.34. The summed E-state index contributed by atoms with van der Waals surface area (Å²) in [6.45, 7) is 13.5. The maximum absolute atomic E-state index is 13.3. The molecule has 0 amide bonds. The van der Waals surface area contributed by atoms with Gasteiger partial charge in [-0.3, -0.25) is 4.79 Å². The predicted molar refractivity (Wildman–Crippen MR) is 224 cm³/mol. The van der Waals surface area contributed by atoms with Crippen molar-refractivity contribution in [3.05, 3.63) is 48.6 Å². The molecule has 0 radical (unpaired) electrons. The molecule has 0 aliphatic carbocycles. The topological polar surface area (TPSA) is 29.5 Å². The monoisotopic (exact) mass is 698 g/mol. The van der Waals surface area contributed by atoms with Gasteiger partial charge < -0.3 is 9.64 Å². The van der Waals surface area contributed by atoms with E-state index in [9.17, 15) is 4.79 Å². The number of esters is 1. The number of rotatable bonds is 35. The molecule has 0 aromatic rings. The number of hydrogen-bond acceptors (Lipinski definition) is 3. The van der Waals surface area contributed by atoms with Crippen molar-refractivity contribution in [1.29, 1.82) is 0 Å². The maximum Gasteiger partial charge on any atom is 0.313 e. The van der Waals surface area contributed by atoms with Gasteiger partial charge in [-0.15, -0.1) is 0 Å².